The van der Waals surface area contributed by atoms with Crippen LogP contribution >= 0.6 is 35.3 Å². The molecule has 1 N–H and O–H groups in total. The lowest BCUT2D eigenvalue weighted by atomic mass is 9.83. The van der Waals surface area contributed by atoms with Gasteiger partial charge in [-0.05, 0) is 31.1 Å². The third-order valence-corrected chi connectivity index (χ3v) is 5.85. The summed E-state index contributed by atoms with van der Waals surface area (Å²) in [5.41, 5.74) is 1.19. The molecule has 0 spiro atoms. The van der Waals surface area contributed by atoms with E-state index in [1.165, 1.54) is 36.4 Å². The molecule has 0 amide bonds. The van der Waals surface area contributed by atoms with Crippen molar-refractivity contribution in [3.05, 3.63) is 16.1 Å². The Balaban J connectivity index is 0.00000288. The van der Waals surface area contributed by atoms with Crippen LogP contribution in [-0.4, -0.2) is 43.0 Å². The van der Waals surface area contributed by atoms with Crippen molar-refractivity contribution in [2.24, 2.45) is 16.8 Å². The molecule has 0 aliphatic heterocycles. The number of nitrogens with zero attached hydrogens (tertiary/aromatic N) is 3. The minimum Gasteiger partial charge on any atom is -0.356 e. The van der Waals surface area contributed by atoms with Gasteiger partial charge in [-0.15, -0.1) is 35.3 Å². The number of thiazole rings is 1. The Morgan fingerprint density at radius 1 is 1.38 bits per heavy atom. The Labute approximate surface area is 168 Å². The van der Waals surface area contributed by atoms with E-state index < -0.39 is 0 Å². The molecule has 2 rings (SSSR count). The highest BCUT2D eigenvalue weighted by molar-refractivity contribution is 14.0. The van der Waals surface area contributed by atoms with Crippen molar-refractivity contribution in [1.29, 1.82) is 0 Å². The van der Waals surface area contributed by atoms with E-state index in [4.69, 9.17) is 0 Å². The van der Waals surface area contributed by atoms with E-state index in [2.05, 4.69) is 46.5 Å². The minimum atomic E-state index is 0. The molecule has 0 aromatic carbocycles. The molecule has 1 aliphatic carbocycles. The first-order valence-electron chi connectivity index (χ1n) is 8.97. The van der Waals surface area contributed by atoms with Crippen LogP contribution in [0.25, 0.3) is 0 Å². The van der Waals surface area contributed by atoms with Gasteiger partial charge >= 0.3 is 0 Å². The molecule has 1 aliphatic rings. The maximum Gasteiger partial charge on any atom is 0.193 e. The second-order valence-electron chi connectivity index (χ2n) is 6.82. The fraction of sp³-hybridized carbons (Fsp3) is 0.778. The van der Waals surface area contributed by atoms with E-state index in [1.807, 2.05) is 7.05 Å². The van der Waals surface area contributed by atoms with Crippen molar-refractivity contribution in [3.8, 4) is 0 Å². The highest BCUT2D eigenvalue weighted by atomic mass is 127. The van der Waals surface area contributed by atoms with Crippen LogP contribution in [0.4, 0.5) is 0 Å². The minimum absolute atomic E-state index is 0. The maximum absolute atomic E-state index is 4.62. The average Bonchev–Trinajstić information content (AvgIpc) is 3.01. The Morgan fingerprint density at radius 3 is 2.67 bits per heavy atom. The Bertz CT molecular complexity index is 495. The molecule has 1 aromatic heterocycles. The van der Waals surface area contributed by atoms with Gasteiger partial charge in [0, 0.05) is 39.0 Å². The van der Waals surface area contributed by atoms with Gasteiger partial charge in [0.1, 0.15) is 0 Å². The largest absolute Gasteiger partial charge is 0.356 e. The lowest BCUT2D eigenvalue weighted by molar-refractivity contribution is 0.250. The maximum atomic E-state index is 4.62. The summed E-state index contributed by atoms with van der Waals surface area (Å²) in [6.45, 7) is 6.54. The van der Waals surface area contributed by atoms with Crippen molar-refractivity contribution in [1.82, 2.24) is 15.2 Å². The molecule has 1 heterocycles. The van der Waals surface area contributed by atoms with E-state index in [1.54, 1.807) is 11.3 Å². The fourth-order valence-corrected chi connectivity index (χ4v) is 4.08. The van der Waals surface area contributed by atoms with Crippen molar-refractivity contribution in [2.75, 3.05) is 27.2 Å². The predicted octanol–water partition coefficient (Wildman–Crippen LogP) is 4.20. The summed E-state index contributed by atoms with van der Waals surface area (Å²) >= 11 is 1.76. The standard InChI is InChI=1S/C18H32N4S.HI/c1-5-17-21-16(13-23-17)10-11-20-18(19-3)22(4)12-15-8-6-14(2)7-9-15;/h13-15H,5-12H2,1-4H3,(H,19,20);1H. The van der Waals surface area contributed by atoms with Crippen LogP contribution in [0.1, 0.15) is 50.2 Å². The second-order valence-corrected chi connectivity index (χ2v) is 7.76. The third kappa shape index (κ3) is 6.86. The monoisotopic (exact) mass is 464 g/mol. The highest BCUT2D eigenvalue weighted by Gasteiger charge is 2.20. The number of aliphatic imine (C=N–C) groups is 1. The predicted molar refractivity (Wildman–Crippen MR) is 116 cm³/mol. The van der Waals surface area contributed by atoms with E-state index >= 15 is 0 Å². The number of nitrogens with one attached hydrogen (secondary N) is 1. The molecule has 1 fully saturated rings. The molecular weight excluding hydrogens is 431 g/mol. The van der Waals surface area contributed by atoms with Gasteiger partial charge in [0.05, 0.1) is 10.7 Å². The Kier molecular flexibility index (Phi) is 10.2. The first kappa shape index (κ1) is 21.7. The van der Waals surface area contributed by atoms with Crippen LogP contribution in [0, 0.1) is 11.8 Å². The van der Waals surface area contributed by atoms with Gasteiger partial charge in [-0.3, -0.25) is 4.99 Å². The molecule has 0 radical (unpaired) electrons. The molecule has 6 heteroatoms. The number of hydrogen-bond donors (Lipinski definition) is 1. The molecule has 4 nitrogen and oxygen atoms in total. The van der Waals surface area contributed by atoms with Crippen molar-refractivity contribution in [3.63, 3.8) is 0 Å². The summed E-state index contributed by atoms with van der Waals surface area (Å²) in [6.07, 6.45) is 7.48. The number of aryl methyl sites for hydroxylation is 1. The van der Waals surface area contributed by atoms with E-state index in [0.29, 0.717) is 0 Å². The molecule has 0 unspecified atom stereocenters. The van der Waals surface area contributed by atoms with Gasteiger partial charge in [-0.2, -0.15) is 0 Å². The molecule has 1 aromatic rings. The lowest BCUT2D eigenvalue weighted by Crippen LogP contribution is -2.42. The van der Waals surface area contributed by atoms with Crippen molar-refractivity contribution < 1.29 is 0 Å². The smallest absolute Gasteiger partial charge is 0.193 e. The third-order valence-electron chi connectivity index (χ3n) is 4.81. The first-order valence-corrected chi connectivity index (χ1v) is 9.85. The summed E-state index contributed by atoms with van der Waals surface area (Å²) in [5.74, 6) is 2.75. The quantitative estimate of drug-likeness (QED) is 0.390. The van der Waals surface area contributed by atoms with E-state index in [-0.39, 0.29) is 24.0 Å². The van der Waals surface area contributed by atoms with Gasteiger partial charge in [-0.1, -0.05) is 26.7 Å². The van der Waals surface area contributed by atoms with Crippen LogP contribution in [0.3, 0.4) is 0 Å². The average molecular weight is 464 g/mol. The van der Waals surface area contributed by atoms with Gasteiger partial charge in [0.2, 0.25) is 0 Å². The number of hydrogen-bond acceptors (Lipinski definition) is 3. The van der Waals surface area contributed by atoms with E-state index in [0.717, 1.165) is 43.7 Å². The number of guanidine groups is 1. The molecule has 0 bridgehead atoms. The fourth-order valence-electron chi connectivity index (χ4n) is 3.30. The topological polar surface area (TPSA) is 40.5 Å². The Morgan fingerprint density at radius 2 is 2.08 bits per heavy atom. The zero-order valence-corrected chi connectivity index (χ0v) is 18.7. The van der Waals surface area contributed by atoms with E-state index in [9.17, 15) is 0 Å². The normalized spacial score (nSPS) is 21.2. The lowest BCUT2D eigenvalue weighted by Gasteiger charge is -2.31. The zero-order chi connectivity index (χ0) is 16.7. The number of aromatic nitrogens is 1. The molecule has 0 atom stereocenters. The number of halogens is 1. The summed E-state index contributed by atoms with van der Waals surface area (Å²) in [6, 6.07) is 0. The molecule has 0 saturated heterocycles. The number of rotatable bonds is 6. The summed E-state index contributed by atoms with van der Waals surface area (Å²) in [4.78, 5) is 11.3. The summed E-state index contributed by atoms with van der Waals surface area (Å²) in [5, 5.41) is 6.89. The van der Waals surface area contributed by atoms with Crippen LogP contribution in [-0.2, 0) is 12.8 Å². The molecule has 1 saturated carbocycles. The molecule has 24 heavy (non-hydrogen) atoms. The van der Waals surface area contributed by atoms with Gasteiger partial charge in [0.25, 0.3) is 0 Å². The Hall–Kier alpha value is -0.370. The first-order chi connectivity index (χ1) is 11.1. The second kappa shape index (κ2) is 11.3. The SMILES string of the molecule is CCc1nc(CCNC(=NC)N(C)CC2CCC(C)CC2)cs1.I. The van der Waals surface area contributed by atoms with Crippen LogP contribution in [0.15, 0.2) is 10.4 Å². The summed E-state index contributed by atoms with van der Waals surface area (Å²) < 4.78 is 0. The summed E-state index contributed by atoms with van der Waals surface area (Å²) in [7, 11) is 4.03. The van der Waals surface area contributed by atoms with Crippen molar-refractivity contribution >= 4 is 41.3 Å². The van der Waals surface area contributed by atoms with Crippen LogP contribution in [0.2, 0.25) is 0 Å². The van der Waals surface area contributed by atoms with Crippen LogP contribution in [0.5, 0.6) is 0 Å². The molecular formula is C18H33IN4S. The molecule has 138 valence electrons. The van der Waals surface area contributed by atoms with Gasteiger partial charge < -0.3 is 10.2 Å². The zero-order valence-electron chi connectivity index (χ0n) is 15.5. The highest BCUT2D eigenvalue weighted by Crippen LogP contribution is 2.28. The van der Waals surface area contributed by atoms with Crippen LogP contribution < -0.4 is 5.32 Å². The van der Waals surface area contributed by atoms with Crippen molar-refractivity contribution in [2.45, 2.75) is 52.4 Å². The van der Waals surface area contributed by atoms with Gasteiger partial charge in [0.15, 0.2) is 5.96 Å². The van der Waals surface area contributed by atoms with Gasteiger partial charge in [-0.25, -0.2) is 4.98 Å².